The molecule has 0 aliphatic heterocycles. The van der Waals surface area contributed by atoms with Crippen molar-refractivity contribution in [3.63, 3.8) is 0 Å². The number of aliphatic hydroxyl groups is 1. The maximum Gasteiger partial charge on any atom is 0.206 e. The van der Waals surface area contributed by atoms with Crippen LogP contribution in [0.25, 0.3) is 0 Å². The number of Topliss-reactive ketones (excluding diaryl/α,β-unsaturated/α-hetero) is 4. The smallest absolute Gasteiger partial charge is 0.206 e. The Morgan fingerprint density at radius 3 is 2.25 bits per heavy atom. The number of phenols is 1. The van der Waals surface area contributed by atoms with Gasteiger partial charge in [-0.25, -0.2) is 0 Å². The zero-order chi connectivity index (χ0) is 32.7. The minimum absolute atomic E-state index is 0.00777. The van der Waals surface area contributed by atoms with Gasteiger partial charge < -0.3 is 10.2 Å². The van der Waals surface area contributed by atoms with E-state index in [4.69, 9.17) is 0 Å². The van der Waals surface area contributed by atoms with E-state index >= 15 is 0 Å². The lowest BCUT2D eigenvalue weighted by Crippen LogP contribution is -2.73. The molecule has 0 heterocycles. The Kier molecular flexibility index (Phi) is 7.45. The molecule has 1 fully saturated rings. The van der Waals surface area contributed by atoms with E-state index in [1.807, 2.05) is 71.9 Å². The van der Waals surface area contributed by atoms with E-state index in [0.717, 1.165) is 16.7 Å². The highest BCUT2D eigenvalue weighted by atomic mass is 16.3. The number of aromatic hydroxyl groups is 1. The SMILES string of the molecule is CC(=O)C1=C(C)[C@@H](C(C)C)[C@]2(C)C[C@]3(C)Cc4c(C(C)C)cc(C#Cc5cccc(C)c5)c(O)c4C(=O)C3C(=O)[C@]2(O)C1=O. The summed E-state index contributed by atoms with van der Waals surface area (Å²) in [5, 5.41) is 23.9. The number of carbonyl (C=O) groups excluding carboxylic acids is 4. The number of phenolic OH excluding ortho intramolecular Hbond substituents is 1. The molecule has 3 aliphatic carbocycles. The van der Waals surface area contributed by atoms with Crippen LogP contribution in [0.3, 0.4) is 0 Å². The molecule has 2 N–H and O–H groups in total. The number of carbonyl (C=O) groups is 4. The van der Waals surface area contributed by atoms with Crippen molar-refractivity contribution in [2.75, 3.05) is 0 Å². The number of aryl methyl sites for hydroxylation is 1. The fourth-order valence-electron chi connectivity index (χ4n) is 9.06. The third kappa shape index (κ3) is 4.27. The highest BCUT2D eigenvalue weighted by molar-refractivity contribution is 6.33. The maximum absolute atomic E-state index is 14.6. The average Bonchev–Trinajstić information content (AvgIpc) is 2.89. The van der Waals surface area contributed by atoms with Crippen molar-refractivity contribution in [1.82, 2.24) is 0 Å². The maximum atomic E-state index is 14.6. The zero-order valence-electron chi connectivity index (χ0n) is 27.1. The third-order valence-corrected chi connectivity index (χ3v) is 10.5. The standard InChI is InChI=1S/C38H42O6/c1-19(2)26-16-25(14-13-24-12-10-11-21(5)15-24)32(40)29-27(26)17-36(8)18-37(9)30(20(3)4)22(6)28(23(7)39)34(42)38(37,44)35(43)31(36)33(29)41/h10-12,15-16,19-20,30-31,40,44H,17-18H2,1-9H3/t30-,31?,36+,37+,38-/m1/s1. The lowest BCUT2D eigenvalue weighted by molar-refractivity contribution is -0.192. The molecule has 6 heteroatoms. The van der Waals surface area contributed by atoms with Gasteiger partial charge in [-0.2, -0.15) is 0 Å². The normalized spacial score (nSPS) is 29.7. The molecule has 6 nitrogen and oxygen atoms in total. The van der Waals surface area contributed by atoms with Crippen LogP contribution in [0.1, 0.15) is 106 Å². The molecular weight excluding hydrogens is 552 g/mol. The van der Waals surface area contributed by atoms with Gasteiger partial charge in [0, 0.05) is 11.0 Å². The molecule has 1 saturated carbocycles. The molecule has 0 amide bonds. The molecule has 0 saturated heterocycles. The minimum atomic E-state index is -2.56. The molecule has 5 atom stereocenters. The van der Waals surface area contributed by atoms with Crippen LogP contribution in [0, 0.1) is 47.3 Å². The Bertz CT molecular complexity index is 1750. The summed E-state index contributed by atoms with van der Waals surface area (Å²) in [7, 11) is 0. The van der Waals surface area contributed by atoms with E-state index in [1.54, 1.807) is 13.8 Å². The molecule has 0 aromatic heterocycles. The largest absolute Gasteiger partial charge is 0.506 e. The van der Waals surface area contributed by atoms with E-state index < -0.39 is 51.4 Å². The van der Waals surface area contributed by atoms with Crippen LogP contribution in [0.2, 0.25) is 0 Å². The van der Waals surface area contributed by atoms with Gasteiger partial charge in [0.05, 0.1) is 22.6 Å². The first-order chi connectivity index (χ1) is 20.4. The topological polar surface area (TPSA) is 109 Å². The van der Waals surface area contributed by atoms with Gasteiger partial charge in [-0.05, 0) is 91.7 Å². The highest BCUT2D eigenvalue weighted by Gasteiger charge is 2.73. The van der Waals surface area contributed by atoms with Gasteiger partial charge in [0.1, 0.15) is 5.75 Å². The third-order valence-electron chi connectivity index (χ3n) is 10.5. The Hall–Kier alpha value is -3.82. The second kappa shape index (κ2) is 10.4. The van der Waals surface area contributed by atoms with Crippen molar-refractivity contribution < 1.29 is 29.4 Å². The van der Waals surface area contributed by atoms with Crippen LogP contribution in [0.5, 0.6) is 5.75 Å². The summed E-state index contributed by atoms with van der Waals surface area (Å²) in [6.07, 6.45) is 0.520. The first-order valence-electron chi connectivity index (χ1n) is 15.5. The Labute approximate surface area is 260 Å². The Morgan fingerprint density at radius 1 is 1.02 bits per heavy atom. The van der Waals surface area contributed by atoms with Crippen LogP contribution >= 0.6 is 0 Å². The van der Waals surface area contributed by atoms with Gasteiger partial charge in [-0.1, -0.05) is 71.1 Å². The van der Waals surface area contributed by atoms with Crippen LogP contribution in [0.15, 0.2) is 41.5 Å². The van der Waals surface area contributed by atoms with E-state index in [2.05, 4.69) is 11.8 Å². The first kappa shape index (κ1) is 31.6. The molecule has 2 aromatic rings. The molecular formula is C38H42O6. The lowest BCUT2D eigenvalue weighted by atomic mass is 9.40. The average molecular weight is 595 g/mol. The number of ketones is 4. The second-order valence-electron chi connectivity index (χ2n) is 14.5. The first-order valence-corrected chi connectivity index (χ1v) is 15.5. The summed E-state index contributed by atoms with van der Waals surface area (Å²) >= 11 is 0. The van der Waals surface area contributed by atoms with E-state index in [1.165, 1.54) is 6.92 Å². The van der Waals surface area contributed by atoms with Gasteiger partial charge >= 0.3 is 0 Å². The van der Waals surface area contributed by atoms with Crippen molar-refractivity contribution in [2.45, 2.75) is 86.7 Å². The number of hydrogen-bond acceptors (Lipinski definition) is 6. The van der Waals surface area contributed by atoms with E-state index in [0.29, 0.717) is 17.6 Å². The van der Waals surface area contributed by atoms with Crippen molar-refractivity contribution in [3.05, 3.63) is 74.9 Å². The van der Waals surface area contributed by atoms with Crippen molar-refractivity contribution in [2.24, 2.45) is 28.6 Å². The van der Waals surface area contributed by atoms with Gasteiger partial charge in [-0.3, -0.25) is 19.2 Å². The molecule has 0 bridgehead atoms. The summed E-state index contributed by atoms with van der Waals surface area (Å²) in [5.41, 5.74) is -0.637. The molecule has 3 aliphatic rings. The van der Waals surface area contributed by atoms with Gasteiger partial charge in [0.15, 0.2) is 23.0 Å². The van der Waals surface area contributed by atoms with Gasteiger partial charge in [0.2, 0.25) is 5.78 Å². The molecule has 0 radical (unpaired) electrons. The molecule has 230 valence electrons. The molecule has 0 spiro atoms. The van der Waals surface area contributed by atoms with Crippen LogP contribution < -0.4 is 0 Å². The number of benzene rings is 2. The van der Waals surface area contributed by atoms with Crippen molar-refractivity contribution in [3.8, 4) is 17.6 Å². The summed E-state index contributed by atoms with van der Waals surface area (Å²) in [4.78, 5) is 55.9. The predicted octanol–water partition coefficient (Wildman–Crippen LogP) is 6.06. The van der Waals surface area contributed by atoms with Crippen LogP contribution in [0.4, 0.5) is 0 Å². The summed E-state index contributed by atoms with van der Waals surface area (Å²) in [6, 6.07) is 9.50. The molecule has 1 unspecified atom stereocenters. The molecule has 2 aromatic carbocycles. The lowest BCUT2D eigenvalue weighted by Gasteiger charge is -2.62. The summed E-state index contributed by atoms with van der Waals surface area (Å²) in [6.45, 7) is 16.6. The van der Waals surface area contributed by atoms with Gasteiger partial charge in [-0.15, -0.1) is 0 Å². The fraction of sp³-hybridized carbons (Fsp3) is 0.474. The van der Waals surface area contributed by atoms with Crippen LogP contribution in [-0.2, 0) is 20.8 Å². The summed E-state index contributed by atoms with van der Waals surface area (Å²) in [5.74, 6) is 0.982. The van der Waals surface area contributed by atoms with E-state index in [9.17, 15) is 29.4 Å². The van der Waals surface area contributed by atoms with Crippen molar-refractivity contribution in [1.29, 1.82) is 0 Å². The van der Waals surface area contributed by atoms with E-state index in [-0.39, 0.29) is 40.7 Å². The monoisotopic (exact) mass is 594 g/mol. The van der Waals surface area contributed by atoms with Crippen molar-refractivity contribution >= 4 is 23.1 Å². The highest BCUT2D eigenvalue weighted by Crippen LogP contribution is 2.64. The predicted molar refractivity (Wildman–Crippen MR) is 168 cm³/mol. The van der Waals surface area contributed by atoms with Crippen LogP contribution in [-0.4, -0.2) is 38.9 Å². The van der Waals surface area contributed by atoms with Gasteiger partial charge in [0.25, 0.3) is 0 Å². The number of hydrogen-bond donors (Lipinski definition) is 2. The fourth-order valence-corrected chi connectivity index (χ4v) is 9.06. The number of fused-ring (bicyclic) bond motifs is 3. The summed E-state index contributed by atoms with van der Waals surface area (Å²) < 4.78 is 0. The number of rotatable bonds is 3. The molecule has 44 heavy (non-hydrogen) atoms. The second-order valence-corrected chi connectivity index (χ2v) is 14.5. The Morgan fingerprint density at radius 2 is 1.68 bits per heavy atom. The minimum Gasteiger partial charge on any atom is -0.506 e. The Balaban J connectivity index is 1.73. The quantitative estimate of drug-likeness (QED) is 0.254. The molecule has 5 rings (SSSR count). The zero-order valence-corrected chi connectivity index (χ0v) is 27.1. The number of allylic oxidation sites excluding steroid dienone is 1.